The number of nitrogens with zero attached hydrogens (tertiary/aromatic N) is 3. The fourth-order valence-electron chi connectivity index (χ4n) is 3.32. The van der Waals surface area contributed by atoms with Gasteiger partial charge in [0.15, 0.2) is 0 Å². The minimum Gasteiger partial charge on any atom is -0.350 e. The van der Waals surface area contributed by atoms with Gasteiger partial charge < -0.3 is 10.2 Å². The summed E-state index contributed by atoms with van der Waals surface area (Å²) in [4.78, 5) is 24.0. The Morgan fingerprint density at radius 2 is 1.92 bits per heavy atom. The van der Waals surface area contributed by atoms with Crippen molar-refractivity contribution in [3.8, 4) is 0 Å². The zero-order valence-electron chi connectivity index (χ0n) is 15.0. The molecule has 25 heavy (non-hydrogen) atoms. The second-order valence-electron chi connectivity index (χ2n) is 6.58. The van der Waals surface area contributed by atoms with Crippen LogP contribution in [0.2, 0.25) is 0 Å². The summed E-state index contributed by atoms with van der Waals surface area (Å²) < 4.78 is 0. The molecule has 1 aliphatic heterocycles. The Morgan fingerprint density at radius 1 is 1.20 bits per heavy atom. The normalized spacial score (nSPS) is 15.2. The standard InChI is InChI=1S/C20H26N4O/c1-3-18(16-9-5-4-6-10-16)19(25)21-14-17-13-15(2)22-20(23-17)24-11-7-8-12-24/h4-6,9-10,13,18H,3,7-8,11-12,14H2,1-2H3,(H,21,25). The summed E-state index contributed by atoms with van der Waals surface area (Å²) in [7, 11) is 0. The van der Waals surface area contributed by atoms with E-state index in [0.717, 1.165) is 42.4 Å². The molecule has 1 aliphatic rings. The van der Waals surface area contributed by atoms with Crippen molar-refractivity contribution < 1.29 is 4.79 Å². The van der Waals surface area contributed by atoms with E-state index in [1.165, 1.54) is 12.8 Å². The molecular weight excluding hydrogens is 312 g/mol. The van der Waals surface area contributed by atoms with Crippen LogP contribution >= 0.6 is 0 Å². The van der Waals surface area contributed by atoms with Crippen molar-refractivity contribution in [3.05, 3.63) is 53.3 Å². The van der Waals surface area contributed by atoms with E-state index in [1.807, 2.05) is 50.2 Å². The van der Waals surface area contributed by atoms with Crippen LogP contribution in [-0.4, -0.2) is 29.0 Å². The number of aromatic nitrogens is 2. The first-order valence-corrected chi connectivity index (χ1v) is 9.09. The van der Waals surface area contributed by atoms with Gasteiger partial charge in [-0.15, -0.1) is 0 Å². The van der Waals surface area contributed by atoms with Crippen LogP contribution in [0.5, 0.6) is 0 Å². The second kappa shape index (κ2) is 8.10. The predicted molar refractivity (Wildman–Crippen MR) is 99.5 cm³/mol. The summed E-state index contributed by atoms with van der Waals surface area (Å²) in [5.74, 6) is 0.715. The number of amides is 1. The Balaban J connectivity index is 1.67. The summed E-state index contributed by atoms with van der Waals surface area (Å²) in [6.07, 6.45) is 3.16. The summed E-state index contributed by atoms with van der Waals surface area (Å²) >= 11 is 0. The van der Waals surface area contributed by atoms with Crippen molar-refractivity contribution in [3.63, 3.8) is 0 Å². The molecule has 1 aromatic carbocycles. The molecule has 1 unspecified atom stereocenters. The average molecular weight is 338 g/mol. The quantitative estimate of drug-likeness (QED) is 0.879. The van der Waals surface area contributed by atoms with E-state index in [2.05, 4.69) is 20.2 Å². The van der Waals surface area contributed by atoms with Crippen molar-refractivity contribution >= 4 is 11.9 Å². The van der Waals surface area contributed by atoms with Crippen LogP contribution < -0.4 is 10.2 Å². The third-order valence-electron chi connectivity index (χ3n) is 4.65. The van der Waals surface area contributed by atoms with Gasteiger partial charge in [0.1, 0.15) is 0 Å². The maximum absolute atomic E-state index is 12.6. The van der Waals surface area contributed by atoms with Crippen molar-refractivity contribution in [1.29, 1.82) is 0 Å². The highest BCUT2D eigenvalue weighted by Gasteiger charge is 2.19. The van der Waals surface area contributed by atoms with E-state index in [1.54, 1.807) is 0 Å². The van der Waals surface area contributed by atoms with Crippen molar-refractivity contribution in [2.45, 2.75) is 45.6 Å². The molecule has 2 aromatic rings. The Labute approximate surface area is 149 Å². The monoisotopic (exact) mass is 338 g/mol. The first-order valence-electron chi connectivity index (χ1n) is 9.09. The fourth-order valence-corrected chi connectivity index (χ4v) is 3.32. The number of rotatable bonds is 6. The molecule has 1 fully saturated rings. The van der Waals surface area contributed by atoms with Gasteiger partial charge in [0.2, 0.25) is 11.9 Å². The molecule has 2 heterocycles. The summed E-state index contributed by atoms with van der Waals surface area (Å²) in [6, 6.07) is 11.9. The molecule has 1 saturated heterocycles. The minimum absolute atomic E-state index is 0.0488. The van der Waals surface area contributed by atoms with E-state index in [0.29, 0.717) is 6.54 Å². The number of carbonyl (C=O) groups is 1. The van der Waals surface area contributed by atoms with E-state index in [9.17, 15) is 4.79 Å². The van der Waals surface area contributed by atoms with Crippen molar-refractivity contribution in [1.82, 2.24) is 15.3 Å². The molecule has 0 bridgehead atoms. The van der Waals surface area contributed by atoms with Gasteiger partial charge >= 0.3 is 0 Å². The molecule has 5 heteroatoms. The molecule has 5 nitrogen and oxygen atoms in total. The van der Waals surface area contributed by atoms with Gasteiger partial charge in [0, 0.05) is 18.8 Å². The number of hydrogen-bond donors (Lipinski definition) is 1. The number of benzene rings is 1. The van der Waals surface area contributed by atoms with Crippen LogP contribution in [0.1, 0.15) is 49.1 Å². The van der Waals surface area contributed by atoms with Crippen LogP contribution in [0, 0.1) is 6.92 Å². The summed E-state index contributed by atoms with van der Waals surface area (Å²) in [5, 5.41) is 3.05. The molecule has 3 rings (SSSR count). The second-order valence-corrected chi connectivity index (χ2v) is 6.58. The maximum Gasteiger partial charge on any atom is 0.227 e. The Morgan fingerprint density at radius 3 is 2.60 bits per heavy atom. The van der Waals surface area contributed by atoms with E-state index in [-0.39, 0.29) is 11.8 Å². The van der Waals surface area contributed by atoms with Gasteiger partial charge in [0.05, 0.1) is 18.2 Å². The third kappa shape index (κ3) is 4.35. The smallest absolute Gasteiger partial charge is 0.227 e. The number of aryl methyl sites for hydroxylation is 1. The van der Waals surface area contributed by atoms with Gasteiger partial charge in [-0.05, 0) is 37.8 Å². The van der Waals surface area contributed by atoms with Crippen LogP contribution in [0.25, 0.3) is 0 Å². The van der Waals surface area contributed by atoms with Crippen LogP contribution in [0.4, 0.5) is 5.95 Å². The zero-order valence-corrected chi connectivity index (χ0v) is 15.0. The van der Waals surface area contributed by atoms with E-state index < -0.39 is 0 Å². The fraction of sp³-hybridized carbons (Fsp3) is 0.450. The van der Waals surface area contributed by atoms with Gasteiger partial charge in [-0.1, -0.05) is 37.3 Å². The van der Waals surface area contributed by atoms with Crippen molar-refractivity contribution in [2.75, 3.05) is 18.0 Å². The molecule has 1 atom stereocenters. The highest BCUT2D eigenvalue weighted by molar-refractivity contribution is 5.83. The van der Waals surface area contributed by atoms with Gasteiger partial charge in [-0.2, -0.15) is 0 Å². The summed E-state index contributed by atoms with van der Waals surface area (Å²) in [5.41, 5.74) is 2.86. The molecule has 132 valence electrons. The van der Waals surface area contributed by atoms with E-state index in [4.69, 9.17) is 0 Å². The van der Waals surface area contributed by atoms with Crippen LogP contribution in [0.3, 0.4) is 0 Å². The lowest BCUT2D eigenvalue weighted by Gasteiger charge is -2.18. The minimum atomic E-state index is -0.123. The number of nitrogens with one attached hydrogen (secondary N) is 1. The molecule has 1 amide bonds. The largest absolute Gasteiger partial charge is 0.350 e. The molecule has 1 aromatic heterocycles. The Hall–Kier alpha value is -2.43. The lowest BCUT2D eigenvalue weighted by molar-refractivity contribution is -0.122. The molecule has 0 spiro atoms. The Kier molecular flexibility index (Phi) is 5.64. The SMILES string of the molecule is CCC(C(=O)NCc1cc(C)nc(N2CCCC2)n1)c1ccccc1. The maximum atomic E-state index is 12.6. The van der Waals surface area contributed by atoms with Gasteiger partial charge in [-0.3, -0.25) is 4.79 Å². The van der Waals surface area contributed by atoms with E-state index >= 15 is 0 Å². The Bertz CT molecular complexity index is 711. The molecular formula is C20H26N4O. The van der Waals surface area contributed by atoms with Gasteiger partial charge in [0.25, 0.3) is 0 Å². The number of anilines is 1. The highest BCUT2D eigenvalue weighted by Crippen LogP contribution is 2.20. The van der Waals surface area contributed by atoms with Crippen molar-refractivity contribution in [2.24, 2.45) is 0 Å². The first kappa shape index (κ1) is 17.4. The topological polar surface area (TPSA) is 58.1 Å². The lowest BCUT2D eigenvalue weighted by Crippen LogP contribution is -2.29. The third-order valence-corrected chi connectivity index (χ3v) is 4.65. The highest BCUT2D eigenvalue weighted by atomic mass is 16.1. The number of hydrogen-bond acceptors (Lipinski definition) is 4. The zero-order chi connectivity index (χ0) is 17.6. The molecule has 0 radical (unpaired) electrons. The predicted octanol–water partition coefficient (Wildman–Crippen LogP) is 3.20. The molecule has 1 N–H and O–H groups in total. The molecule has 0 saturated carbocycles. The molecule has 0 aliphatic carbocycles. The van der Waals surface area contributed by atoms with Crippen LogP contribution in [0.15, 0.2) is 36.4 Å². The first-order chi connectivity index (χ1) is 12.2. The van der Waals surface area contributed by atoms with Crippen LogP contribution in [-0.2, 0) is 11.3 Å². The van der Waals surface area contributed by atoms with Gasteiger partial charge in [-0.25, -0.2) is 9.97 Å². The summed E-state index contributed by atoms with van der Waals surface area (Å²) in [6.45, 7) is 6.48. The average Bonchev–Trinajstić information content (AvgIpc) is 3.16. The lowest BCUT2D eigenvalue weighted by atomic mass is 9.96. The number of carbonyl (C=O) groups excluding carboxylic acids is 1.